The molecule has 0 aliphatic rings. The molecule has 0 aromatic rings. The molecule has 0 unspecified atom stereocenters. The van der Waals surface area contributed by atoms with Gasteiger partial charge in [0.2, 0.25) is 10.0 Å². The van der Waals surface area contributed by atoms with Crippen LogP contribution in [-0.4, -0.2) is 39.9 Å². The maximum atomic E-state index is 10.6. The van der Waals surface area contributed by atoms with Gasteiger partial charge in [-0.2, -0.15) is 8.42 Å². The molecule has 0 saturated carbocycles. The highest BCUT2D eigenvalue weighted by molar-refractivity contribution is 7.91. The van der Waals surface area contributed by atoms with E-state index in [4.69, 9.17) is 4.55 Å². The highest BCUT2D eigenvalue weighted by atomic mass is 32.2. The van der Waals surface area contributed by atoms with Crippen molar-refractivity contribution in [3.63, 3.8) is 0 Å². The molecule has 0 spiro atoms. The largest absolute Gasteiger partial charge is 0.286 e. The average Bonchev–Trinajstić information content (AvgIpc) is 1.83. The molecule has 6 nitrogen and oxygen atoms in total. The van der Waals surface area contributed by atoms with Crippen molar-refractivity contribution in [2.45, 2.75) is 0 Å². The molecule has 0 aliphatic heterocycles. The molecule has 0 aromatic heterocycles. The molecule has 0 atom stereocenters. The van der Waals surface area contributed by atoms with Crippen molar-refractivity contribution >= 4 is 20.1 Å². The van der Waals surface area contributed by atoms with Crippen molar-refractivity contribution < 1.29 is 21.4 Å². The van der Waals surface area contributed by atoms with E-state index in [1.807, 2.05) is 4.72 Å². The Morgan fingerprint density at radius 1 is 1.18 bits per heavy atom. The number of sulfonamides is 1. The summed E-state index contributed by atoms with van der Waals surface area (Å²) in [4.78, 5) is 0. The van der Waals surface area contributed by atoms with Crippen LogP contribution >= 0.6 is 0 Å². The molecule has 0 rings (SSSR count). The molecule has 0 saturated heterocycles. The normalized spacial score (nSPS) is 13.3. The Labute approximate surface area is 65.4 Å². The van der Waals surface area contributed by atoms with E-state index in [2.05, 4.69) is 0 Å². The van der Waals surface area contributed by atoms with E-state index in [1.165, 1.54) is 7.05 Å². The monoisotopic (exact) mass is 203 g/mol. The summed E-state index contributed by atoms with van der Waals surface area (Å²) in [5, 5.41) is 0. The lowest BCUT2D eigenvalue weighted by atomic mass is 11.0. The molecule has 8 heteroatoms. The average molecular weight is 203 g/mol. The van der Waals surface area contributed by atoms with Crippen LogP contribution in [0.5, 0.6) is 0 Å². The Balaban J connectivity index is 4.13. The smallest absolute Gasteiger partial charge is 0.265 e. The molecule has 2 N–H and O–H groups in total. The first-order chi connectivity index (χ1) is 4.77. The molecule has 0 bridgehead atoms. The van der Waals surface area contributed by atoms with Crippen LogP contribution in [0, 0.1) is 0 Å². The van der Waals surface area contributed by atoms with Crippen molar-refractivity contribution in [2.24, 2.45) is 0 Å². The predicted octanol–water partition coefficient (Wildman–Crippen LogP) is -1.58. The van der Waals surface area contributed by atoms with Gasteiger partial charge in [0, 0.05) is 0 Å². The lowest BCUT2D eigenvalue weighted by Gasteiger charge is -1.98. The molecule has 0 aromatic carbocycles. The highest BCUT2D eigenvalue weighted by Crippen LogP contribution is 1.87. The number of nitrogens with one attached hydrogen (secondary N) is 1. The molecular weight excluding hydrogens is 194 g/mol. The van der Waals surface area contributed by atoms with E-state index in [0.29, 0.717) is 0 Å². The van der Waals surface area contributed by atoms with E-state index >= 15 is 0 Å². The van der Waals surface area contributed by atoms with Crippen LogP contribution in [0.2, 0.25) is 0 Å². The number of hydrogen-bond acceptors (Lipinski definition) is 4. The fraction of sp³-hybridized carbons (Fsp3) is 1.00. The van der Waals surface area contributed by atoms with Gasteiger partial charge in [0.25, 0.3) is 10.1 Å². The summed E-state index contributed by atoms with van der Waals surface area (Å²) in [6, 6.07) is 0. The first-order valence-electron chi connectivity index (χ1n) is 2.63. The molecule has 0 fully saturated rings. The van der Waals surface area contributed by atoms with Crippen molar-refractivity contribution in [2.75, 3.05) is 18.6 Å². The summed E-state index contributed by atoms with van der Waals surface area (Å²) in [5.74, 6) is -1.40. The Morgan fingerprint density at radius 3 is 1.91 bits per heavy atom. The molecule has 11 heavy (non-hydrogen) atoms. The van der Waals surface area contributed by atoms with Gasteiger partial charge in [-0.15, -0.1) is 0 Å². The SMILES string of the molecule is CNS(=O)(=O)CCS(=O)(=O)O. The lowest BCUT2D eigenvalue weighted by Crippen LogP contribution is -2.26. The summed E-state index contributed by atoms with van der Waals surface area (Å²) in [6.45, 7) is 0. The summed E-state index contributed by atoms with van der Waals surface area (Å²) < 4.78 is 51.3. The minimum absolute atomic E-state index is 0.623. The van der Waals surface area contributed by atoms with Crippen LogP contribution in [-0.2, 0) is 20.1 Å². The van der Waals surface area contributed by atoms with Gasteiger partial charge < -0.3 is 0 Å². The number of rotatable bonds is 4. The van der Waals surface area contributed by atoms with Crippen LogP contribution in [0.25, 0.3) is 0 Å². The summed E-state index contributed by atoms with van der Waals surface area (Å²) in [6.07, 6.45) is 0. The van der Waals surface area contributed by atoms with Gasteiger partial charge in [-0.1, -0.05) is 0 Å². The van der Waals surface area contributed by atoms with Gasteiger partial charge in [-0.05, 0) is 7.05 Å². The van der Waals surface area contributed by atoms with E-state index in [0.717, 1.165) is 0 Å². The zero-order valence-corrected chi connectivity index (χ0v) is 7.44. The lowest BCUT2D eigenvalue weighted by molar-refractivity contribution is 0.484. The van der Waals surface area contributed by atoms with Crippen LogP contribution < -0.4 is 4.72 Å². The molecule has 0 amide bonds. The standard InChI is InChI=1S/C3H9NO5S2/c1-4-10(5,6)2-3-11(7,8)9/h4H,2-3H2,1H3,(H,7,8,9). The van der Waals surface area contributed by atoms with E-state index in [9.17, 15) is 16.8 Å². The molecular formula is C3H9NO5S2. The van der Waals surface area contributed by atoms with Gasteiger partial charge in [-0.25, -0.2) is 13.1 Å². The molecule has 68 valence electrons. The topological polar surface area (TPSA) is 101 Å². The third-order valence-corrected chi connectivity index (χ3v) is 3.26. The van der Waals surface area contributed by atoms with Crippen molar-refractivity contribution in [1.82, 2.24) is 4.72 Å². The number of hydrogen-bond donors (Lipinski definition) is 2. The summed E-state index contributed by atoms with van der Waals surface area (Å²) in [5.41, 5.74) is 0. The highest BCUT2D eigenvalue weighted by Gasteiger charge is 2.12. The third kappa shape index (κ3) is 6.23. The van der Waals surface area contributed by atoms with E-state index in [-0.39, 0.29) is 0 Å². The Morgan fingerprint density at radius 2 is 1.64 bits per heavy atom. The maximum Gasteiger partial charge on any atom is 0.265 e. The second-order valence-electron chi connectivity index (χ2n) is 1.81. The van der Waals surface area contributed by atoms with Gasteiger partial charge in [0.1, 0.15) is 0 Å². The quantitative estimate of drug-likeness (QED) is 0.537. The van der Waals surface area contributed by atoms with E-state index < -0.39 is 31.6 Å². The van der Waals surface area contributed by atoms with Crippen molar-refractivity contribution in [1.29, 1.82) is 0 Å². The minimum atomic E-state index is -4.19. The second-order valence-corrected chi connectivity index (χ2v) is 5.43. The summed E-state index contributed by atoms with van der Waals surface area (Å²) in [7, 11) is -6.56. The zero-order valence-electron chi connectivity index (χ0n) is 5.81. The Hall–Kier alpha value is -0.180. The first kappa shape index (κ1) is 10.8. The Kier molecular flexibility index (Phi) is 3.42. The van der Waals surface area contributed by atoms with Gasteiger partial charge in [0.05, 0.1) is 11.5 Å². The summed E-state index contributed by atoms with van der Waals surface area (Å²) >= 11 is 0. The van der Waals surface area contributed by atoms with Crippen LogP contribution in [0.15, 0.2) is 0 Å². The fourth-order valence-electron chi connectivity index (χ4n) is 0.317. The van der Waals surface area contributed by atoms with Gasteiger partial charge in [-0.3, -0.25) is 4.55 Å². The van der Waals surface area contributed by atoms with Crippen LogP contribution in [0.3, 0.4) is 0 Å². The Bertz CT molecular complexity index is 301. The second kappa shape index (κ2) is 3.48. The van der Waals surface area contributed by atoms with Gasteiger partial charge >= 0.3 is 0 Å². The predicted molar refractivity (Wildman–Crippen MR) is 39.3 cm³/mol. The molecule has 0 radical (unpaired) electrons. The van der Waals surface area contributed by atoms with Gasteiger partial charge in [0.15, 0.2) is 0 Å². The van der Waals surface area contributed by atoms with Crippen molar-refractivity contribution in [3.05, 3.63) is 0 Å². The van der Waals surface area contributed by atoms with Crippen molar-refractivity contribution in [3.8, 4) is 0 Å². The van der Waals surface area contributed by atoms with E-state index in [1.54, 1.807) is 0 Å². The minimum Gasteiger partial charge on any atom is -0.286 e. The fourth-order valence-corrected chi connectivity index (χ4v) is 2.24. The molecule has 0 aliphatic carbocycles. The first-order valence-corrected chi connectivity index (χ1v) is 5.89. The van der Waals surface area contributed by atoms with Crippen LogP contribution in [0.1, 0.15) is 0 Å². The third-order valence-electron chi connectivity index (χ3n) is 0.921. The van der Waals surface area contributed by atoms with Crippen LogP contribution in [0.4, 0.5) is 0 Å². The maximum absolute atomic E-state index is 10.6. The zero-order chi connectivity index (χ0) is 9.12. The molecule has 0 heterocycles.